The molecule has 178 valence electrons. The summed E-state index contributed by atoms with van der Waals surface area (Å²) in [6, 6.07) is 14.8. The second kappa shape index (κ2) is 10.3. The van der Waals surface area contributed by atoms with Crippen LogP contribution >= 0.6 is 0 Å². The van der Waals surface area contributed by atoms with Crippen LogP contribution in [0.25, 0.3) is 5.69 Å². The van der Waals surface area contributed by atoms with E-state index in [0.29, 0.717) is 23.5 Å². The Bertz CT molecular complexity index is 1190. The van der Waals surface area contributed by atoms with Crippen LogP contribution in [0.1, 0.15) is 56.1 Å². The smallest absolute Gasteiger partial charge is 0.338 e. The number of rotatable bonds is 8. The van der Waals surface area contributed by atoms with Gasteiger partial charge in [0, 0.05) is 29.2 Å². The number of carbonyl (C=O) groups is 2. The second-order valence-electron chi connectivity index (χ2n) is 8.86. The van der Waals surface area contributed by atoms with Gasteiger partial charge in [-0.15, -0.1) is 0 Å². The molecule has 1 saturated heterocycles. The van der Waals surface area contributed by atoms with Crippen LogP contribution in [0.4, 0.5) is 0 Å². The van der Waals surface area contributed by atoms with Gasteiger partial charge in [-0.05, 0) is 94.1 Å². The summed E-state index contributed by atoms with van der Waals surface area (Å²) in [5.41, 5.74) is 6.13. The predicted octanol–water partition coefficient (Wildman–Crippen LogP) is 5.31. The average Bonchev–Trinajstić information content (AvgIpc) is 3.45. The molecule has 0 aliphatic carbocycles. The zero-order chi connectivity index (χ0) is 24.2. The molecule has 6 nitrogen and oxygen atoms in total. The first-order valence-electron chi connectivity index (χ1n) is 11.6. The van der Waals surface area contributed by atoms with Crippen LogP contribution in [0.3, 0.4) is 0 Å². The molecule has 2 aromatic carbocycles. The quantitative estimate of drug-likeness (QED) is 0.336. The molecule has 6 heteroatoms. The monoisotopic (exact) mass is 461 g/mol. The van der Waals surface area contributed by atoms with E-state index in [1.807, 2.05) is 26.0 Å². The molecule has 0 radical (unpaired) electrons. The molecular formula is C28H31NO5. The second-order valence-corrected chi connectivity index (χ2v) is 8.86. The molecule has 0 saturated carbocycles. The maximum atomic E-state index is 12.9. The Hall–Kier alpha value is -3.38. The Kier molecular flexibility index (Phi) is 7.17. The van der Waals surface area contributed by atoms with Gasteiger partial charge in [-0.1, -0.05) is 6.07 Å². The fourth-order valence-corrected chi connectivity index (χ4v) is 4.25. The van der Waals surface area contributed by atoms with Crippen LogP contribution in [0, 0.1) is 27.7 Å². The lowest BCUT2D eigenvalue weighted by molar-refractivity contribution is 0.0474. The van der Waals surface area contributed by atoms with Gasteiger partial charge in [-0.25, -0.2) is 4.79 Å². The summed E-state index contributed by atoms with van der Waals surface area (Å²) >= 11 is 0. The van der Waals surface area contributed by atoms with Gasteiger partial charge < -0.3 is 18.8 Å². The Morgan fingerprint density at radius 2 is 1.76 bits per heavy atom. The number of hydrogen-bond donors (Lipinski definition) is 0. The van der Waals surface area contributed by atoms with E-state index in [2.05, 4.69) is 30.5 Å². The van der Waals surface area contributed by atoms with Gasteiger partial charge in [0.2, 0.25) is 5.78 Å². The molecule has 0 amide bonds. The Labute approximate surface area is 200 Å². The molecule has 3 aromatic rings. The minimum atomic E-state index is -0.540. The molecule has 4 rings (SSSR count). The van der Waals surface area contributed by atoms with Gasteiger partial charge in [0.25, 0.3) is 0 Å². The zero-order valence-electron chi connectivity index (χ0n) is 20.2. The molecule has 1 aliphatic heterocycles. The van der Waals surface area contributed by atoms with Crippen molar-refractivity contribution in [3.05, 3.63) is 82.2 Å². The van der Waals surface area contributed by atoms with Crippen molar-refractivity contribution in [1.82, 2.24) is 4.57 Å². The molecule has 34 heavy (non-hydrogen) atoms. The molecule has 1 atom stereocenters. The average molecular weight is 462 g/mol. The van der Waals surface area contributed by atoms with Crippen LogP contribution in [0.15, 0.2) is 48.5 Å². The molecule has 1 aromatic heterocycles. The van der Waals surface area contributed by atoms with Crippen molar-refractivity contribution in [3.8, 4) is 11.4 Å². The molecule has 1 aliphatic rings. The van der Waals surface area contributed by atoms with Crippen LogP contribution in [-0.2, 0) is 9.47 Å². The summed E-state index contributed by atoms with van der Waals surface area (Å²) in [7, 11) is 0. The molecule has 1 fully saturated rings. The van der Waals surface area contributed by atoms with E-state index in [4.69, 9.17) is 14.2 Å². The van der Waals surface area contributed by atoms with Gasteiger partial charge in [0.15, 0.2) is 6.61 Å². The van der Waals surface area contributed by atoms with E-state index >= 15 is 0 Å². The number of nitrogens with zero attached hydrogens (tertiary/aromatic N) is 1. The van der Waals surface area contributed by atoms with Crippen LogP contribution in [-0.4, -0.2) is 42.2 Å². The van der Waals surface area contributed by atoms with E-state index in [-0.39, 0.29) is 18.5 Å². The lowest BCUT2D eigenvalue weighted by atomic mass is 10.1. The number of aromatic nitrogens is 1. The number of benzene rings is 2. The highest BCUT2D eigenvalue weighted by Gasteiger charge is 2.19. The number of esters is 1. The van der Waals surface area contributed by atoms with Gasteiger partial charge in [0.1, 0.15) is 12.4 Å². The van der Waals surface area contributed by atoms with E-state index < -0.39 is 5.97 Å². The minimum absolute atomic E-state index is 0.132. The van der Waals surface area contributed by atoms with E-state index in [0.717, 1.165) is 36.5 Å². The zero-order valence-corrected chi connectivity index (χ0v) is 20.2. The lowest BCUT2D eigenvalue weighted by Gasteiger charge is -2.12. The van der Waals surface area contributed by atoms with Crippen molar-refractivity contribution in [2.24, 2.45) is 0 Å². The summed E-state index contributed by atoms with van der Waals surface area (Å²) in [6.45, 7) is 8.99. The third-order valence-electron chi connectivity index (χ3n) is 6.36. The first-order valence-corrected chi connectivity index (χ1v) is 11.6. The Morgan fingerprint density at radius 3 is 2.44 bits per heavy atom. The van der Waals surface area contributed by atoms with Crippen LogP contribution in [0.2, 0.25) is 0 Å². The SMILES string of the molecule is Cc1ccc(-n2c(C)cc(C(=O)COC(=O)c3ccc(OCC4CCCO4)cc3)c2C)cc1C. The molecular weight excluding hydrogens is 430 g/mol. The number of ketones is 1. The summed E-state index contributed by atoms with van der Waals surface area (Å²) in [5.74, 6) is -0.100. The van der Waals surface area contributed by atoms with Gasteiger partial charge in [-0.3, -0.25) is 4.79 Å². The number of carbonyl (C=O) groups excluding carboxylic acids is 2. The first-order chi connectivity index (χ1) is 16.3. The molecule has 0 N–H and O–H groups in total. The molecule has 0 bridgehead atoms. The number of hydrogen-bond acceptors (Lipinski definition) is 5. The largest absolute Gasteiger partial charge is 0.491 e. The topological polar surface area (TPSA) is 66.8 Å². The fourth-order valence-electron chi connectivity index (χ4n) is 4.25. The Balaban J connectivity index is 1.37. The first kappa shape index (κ1) is 23.8. The van der Waals surface area contributed by atoms with Crippen molar-refractivity contribution in [2.45, 2.75) is 46.6 Å². The van der Waals surface area contributed by atoms with Crippen molar-refractivity contribution in [2.75, 3.05) is 19.8 Å². The highest BCUT2D eigenvalue weighted by Crippen LogP contribution is 2.23. The summed E-state index contributed by atoms with van der Waals surface area (Å²) in [4.78, 5) is 25.3. The standard InChI is InChI=1S/C28H31NO5/c1-18-7-10-23(14-19(18)2)29-20(3)15-26(21(29)4)27(30)17-34-28(31)22-8-11-24(12-9-22)33-16-25-6-5-13-32-25/h7-12,14-15,25H,5-6,13,16-17H2,1-4H3. The predicted molar refractivity (Wildman–Crippen MR) is 130 cm³/mol. The Morgan fingerprint density at radius 1 is 1.00 bits per heavy atom. The molecule has 2 heterocycles. The van der Waals surface area contributed by atoms with Crippen LogP contribution in [0.5, 0.6) is 5.75 Å². The maximum Gasteiger partial charge on any atom is 0.338 e. The summed E-state index contributed by atoms with van der Waals surface area (Å²) in [6.07, 6.45) is 2.20. The van der Waals surface area contributed by atoms with E-state index in [9.17, 15) is 9.59 Å². The normalized spacial score (nSPS) is 15.4. The number of aryl methyl sites for hydroxylation is 3. The third-order valence-corrected chi connectivity index (χ3v) is 6.36. The lowest BCUT2D eigenvalue weighted by Crippen LogP contribution is -2.16. The van der Waals surface area contributed by atoms with Gasteiger partial charge in [0.05, 0.1) is 11.7 Å². The molecule has 1 unspecified atom stereocenters. The highest BCUT2D eigenvalue weighted by molar-refractivity contribution is 6.00. The van der Waals surface area contributed by atoms with Crippen molar-refractivity contribution < 1.29 is 23.8 Å². The summed E-state index contributed by atoms with van der Waals surface area (Å²) < 4.78 is 18.6. The van der Waals surface area contributed by atoms with E-state index in [1.54, 1.807) is 24.3 Å². The van der Waals surface area contributed by atoms with Crippen molar-refractivity contribution >= 4 is 11.8 Å². The van der Waals surface area contributed by atoms with Crippen molar-refractivity contribution in [3.63, 3.8) is 0 Å². The molecule has 0 spiro atoms. The third kappa shape index (κ3) is 5.23. The van der Waals surface area contributed by atoms with Gasteiger partial charge >= 0.3 is 5.97 Å². The highest BCUT2D eigenvalue weighted by atomic mass is 16.5. The van der Waals surface area contributed by atoms with E-state index in [1.165, 1.54) is 11.1 Å². The number of ether oxygens (including phenoxy) is 3. The van der Waals surface area contributed by atoms with Gasteiger partial charge in [-0.2, -0.15) is 0 Å². The maximum absolute atomic E-state index is 12.9. The summed E-state index contributed by atoms with van der Waals surface area (Å²) in [5, 5.41) is 0. The number of Topliss-reactive ketones (excluding diaryl/α,β-unsaturated/α-hetero) is 1. The fraction of sp³-hybridized carbons (Fsp3) is 0.357. The van der Waals surface area contributed by atoms with Crippen molar-refractivity contribution in [1.29, 1.82) is 0 Å². The minimum Gasteiger partial charge on any atom is -0.491 e. The van der Waals surface area contributed by atoms with Crippen LogP contribution < -0.4 is 4.74 Å².